The second-order valence-electron chi connectivity index (χ2n) is 2.53. The summed E-state index contributed by atoms with van der Waals surface area (Å²) in [5, 5.41) is 0. The molecule has 0 aromatic carbocycles. The van der Waals surface area contributed by atoms with Gasteiger partial charge in [0.1, 0.15) is 0 Å². The van der Waals surface area contributed by atoms with Gasteiger partial charge in [-0.05, 0) is 13.3 Å². The molecule has 0 bridgehead atoms. The summed E-state index contributed by atoms with van der Waals surface area (Å²) in [6.07, 6.45) is 9.01. The Hall–Kier alpha value is -0.880. The minimum Gasteiger partial charge on any atom is -0.211 e. The number of isocyanates is 1. The number of carbonyl (C=O) groups excluding carboxylic acids is 1. The van der Waals surface area contributed by atoms with Gasteiger partial charge < -0.3 is 0 Å². The lowest BCUT2D eigenvalue weighted by molar-refractivity contribution is 0.561. The fourth-order valence-electron chi connectivity index (χ4n) is 0.741. The first kappa shape index (κ1) is 10.1. The third kappa shape index (κ3) is 7.01. The molecule has 0 amide bonds. The fourth-order valence-corrected chi connectivity index (χ4v) is 0.741. The zero-order chi connectivity index (χ0) is 8.53. The molecule has 2 nitrogen and oxygen atoms in total. The molecule has 0 heterocycles. The number of rotatable bonds is 5. The van der Waals surface area contributed by atoms with Crippen LogP contribution in [0.5, 0.6) is 0 Å². The van der Waals surface area contributed by atoms with Gasteiger partial charge >= 0.3 is 0 Å². The molecule has 11 heavy (non-hydrogen) atoms. The van der Waals surface area contributed by atoms with Crippen LogP contribution in [0, 0.1) is 0 Å². The molecule has 2 heteroatoms. The van der Waals surface area contributed by atoms with Crippen molar-refractivity contribution in [1.29, 1.82) is 0 Å². The summed E-state index contributed by atoms with van der Waals surface area (Å²) < 4.78 is 0. The molecule has 0 radical (unpaired) electrons. The Morgan fingerprint density at radius 1 is 1.64 bits per heavy atom. The molecule has 0 aliphatic carbocycles. The van der Waals surface area contributed by atoms with E-state index in [1.165, 1.54) is 18.9 Å². The topological polar surface area (TPSA) is 29.4 Å². The minimum atomic E-state index is -0.00986. The van der Waals surface area contributed by atoms with Gasteiger partial charge in [0.05, 0.1) is 6.04 Å². The number of aliphatic imine (C=N–C) groups is 1. The molecule has 0 spiro atoms. The van der Waals surface area contributed by atoms with E-state index >= 15 is 0 Å². The quantitative estimate of drug-likeness (QED) is 0.258. The highest BCUT2D eigenvalue weighted by molar-refractivity contribution is 5.34. The Balaban J connectivity index is 3.47. The van der Waals surface area contributed by atoms with Gasteiger partial charge in [0.25, 0.3) is 0 Å². The molecule has 0 N–H and O–H groups in total. The average molecular weight is 153 g/mol. The van der Waals surface area contributed by atoms with E-state index in [9.17, 15) is 4.79 Å². The molecule has 0 aromatic heterocycles. The smallest absolute Gasteiger partial charge is 0.211 e. The van der Waals surface area contributed by atoms with Crippen LogP contribution in [0.3, 0.4) is 0 Å². The Morgan fingerprint density at radius 3 is 2.91 bits per heavy atom. The highest BCUT2D eigenvalue weighted by atomic mass is 16.1. The maximum Gasteiger partial charge on any atom is 0.235 e. The van der Waals surface area contributed by atoms with E-state index < -0.39 is 0 Å². The van der Waals surface area contributed by atoms with Gasteiger partial charge in [0, 0.05) is 0 Å². The van der Waals surface area contributed by atoms with Crippen LogP contribution in [0.15, 0.2) is 17.1 Å². The Labute approximate surface area is 68.0 Å². The van der Waals surface area contributed by atoms with E-state index in [4.69, 9.17) is 0 Å². The normalized spacial score (nSPS) is 12.9. The van der Waals surface area contributed by atoms with Crippen LogP contribution >= 0.6 is 0 Å². The molecular weight excluding hydrogens is 138 g/mol. The van der Waals surface area contributed by atoms with E-state index in [1.54, 1.807) is 0 Å². The number of hydrogen-bond acceptors (Lipinski definition) is 2. The molecule has 62 valence electrons. The van der Waals surface area contributed by atoms with Gasteiger partial charge in [-0.25, -0.2) is 4.79 Å². The van der Waals surface area contributed by atoms with Crippen molar-refractivity contribution in [3.8, 4) is 0 Å². The van der Waals surface area contributed by atoms with Gasteiger partial charge in [0.2, 0.25) is 6.08 Å². The van der Waals surface area contributed by atoms with Crippen LogP contribution < -0.4 is 0 Å². The molecule has 1 atom stereocenters. The molecule has 0 rings (SSSR count). The first-order valence-electron chi connectivity index (χ1n) is 4.05. The summed E-state index contributed by atoms with van der Waals surface area (Å²) in [5.41, 5.74) is 0. The second-order valence-corrected chi connectivity index (χ2v) is 2.53. The van der Waals surface area contributed by atoms with Gasteiger partial charge in [-0.1, -0.05) is 31.9 Å². The van der Waals surface area contributed by atoms with Crippen molar-refractivity contribution < 1.29 is 4.79 Å². The van der Waals surface area contributed by atoms with Crippen LogP contribution in [0.25, 0.3) is 0 Å². The highest BCUT2D eigenvalue weighted by Gasteiger charge is 1.88. The predicted molar refractivity (Wildman–Crippen MR) is 46.2 cm³/mol. The molecule has 0 saturated heterocycles. The standard InChI is InChI=1S/C9H15NO/c1-3-4-5-6-7-9(2)10-8-11/h6-7,9H,3-5H2,1-2H3/b7-6+. The zero-order valence-corrected chi connectivity index (χ0v) is 7.21. The van der Waals surface area contributed by atoms with Crippen molar-refractivity contribution in [3.63, 3.8) is 0 Å². The van der Waals surface area contributed by atoms with Crippen LogP contribution in [0.4, 0.5) is 0 Å². The van der Waals surface area contributed by atoms with E-state index in [0.717, 1.165) is 6.42 Å². The molecule has 0 aromatic rings. The third-order valence-electron chi connectivity index (χ3n) is 1.40. The van der Waals surface area contributed by atoms with Crippen molar-refractivity contribution in [3.05, 3.63) is 12.2 Å². The average Bonchev–Trinajstić information content (AvgIpc) is 1.99. The van der Waals surface area contributed by atoms with Gasteiger partial charge in [-0.2, -0.15) is 4.99 Å². The maximum atomic E-state index is 9.78. The van der Waals surface area contributed by atoms with Crippen LogP contribution in [0.1, 0.15) is 33.1 Å². The zero-order valence-electron chi connectivity index (χ0n) is 7.21. The van der Waals surface area contributed by atoms with Gasteiger partial charge in [0.15, 0.2) is 0 Å². The molecular formula is C9H15NO. The summed E-state index contributed by atoms with van der Waals surface area (Å²) in [6.45, 7) is 4.02. The minimum absolute atomic E-state index is 0.00986. The molecule has 0 saturated carbocycles. The van der Waals surface area contributed by atoms with Gasteiger partial charge in [-0.3, -0.25) is 0 Å². The van der Waals surface area contributed by atoms with E-state index in [2.05, 4.69) is 18.0 Å². The van der Waals surface area contributed by atoms with Gasteiger partial charge in [-0.15, -0.1) is 0 Å². The van der Waals surface area contributed by atoms with E-state index in [0.29, 0.717) is 0 Å². The Morgan fingerprint density at radius 2 is 2.36 bits per heavy atom. The number of unbranched alkanes of at least 4 members (excludes halogenated alkanes) is 2. The second kappa shape index (κ2) is 7.23. The predicted octanol–water partition coefficient (Wildman–Crippen LogP) is 2.46. The van der Waals surface area contributed by atoms with Crippen LogP contribution in [-0.2, 0) is 4.79 Å². The van der Waals surface area contributed by atoms with Crippen LogP contribution in [-0.4, -0.2) is 12.1 Å². The first-order valence-corrected chi connectivity index (χ1v) is 4.05. The summed E-state index contributed by atoms with van der Waals surface area (Å²) in [4.78, 5) is 13.3. The highest BCUT2D eigenvalue weighted by Crippen LogP contribution is 1.97. The lowest BCUT2D eigenvalue weighted by atomic mass is 10.2. The molecule has 0 aliphatic heterocycles. The SMILES string of the molecule is CCCC/C=C/C(C)N=C=O. The number of allylic oxidation sites excluding steroid dienone is 1. The van der Waals surface area contributed by atoms with Crippen molar-refractivity contribution in [2.24, 2.45) is 4.99 Å². The summed E-state index contributed by atoms with van der Waals surface area (Å²) in [7, 11) is 0. The number of hydrogen-bond donors (Lipinski definition) is 0. The van der Waals surface area contributed by atoms with Crippen molar-refractivity contribution in [2.45, 2.75) is 39.2 Å². The van der Waals surface area contributed by atoms with E-state index in [-0.39, 0.29) is 6.04 Å². The molecule has 0 aliphatic rings. The largest absolute Gasteiger partial charge is 0.235 e. The number of nitrogens with zero attached hydrogens (tertiary/aromatic N) is 1. The van der Waals surface area contributed by atoms with E-state index in [1.807, 2.05) is 13.0 Å². The summed E-state index contributed by atoms with van der Waals surface area (Å²) >= 11 is 0. The van der Waals surface area contributed by atoms with Crippen molar-refractivity contribution >= 4 is 6.08 Å². The van der Waals surface area contributed by atoms with Crippen molar-refractivity contribution in [1.82, 2.24) is 0 Å². The lowest BCUT2D eigenvalue weighted by Crippen LogP contribution is -1.89. The lowest BCUT2D eigenvalue weighted by Gasteiger charge is -1.92. The summed E-state index contributed by atoms with van der Waals surface area (Å²) in [5.74, 6) is 0. The fraction of sp³-hybridized carbons (Fsp3) is 0.667. The van der Waals surface area contributed by atoms with Crippen molar-refractivity contribution in [2.75, 3.05) is 0 Å². The maximum absolute atomic E-state index is 9.78. The third-order valence-corrected chi connectivity index (χ3v) is 1.40. The Bertz CT molecular complexity index is 157. The molecule has 0 fully saturated rings. The van der Waals surface area contributed by atoms with Crippen LogP contribution in [0.2, 0.25) is 0 Å². The first-order chi connectivity index (χ1) is 5.31. The Kier molecular flexibility index (Phi) is 6.65. The monoisotopic (exact) mass is 153 g/mol. The molecule has 1 unspecified atom stereocenters. The summed E-state index contributed by atoms with van der Waals surface area (Å²) in [6, 6.07) is -0.00986.